The van der Waals surface area contributed by atoms with Crippen molar-refractivity contribution in [3.05, 3.63) is 34.4 Å². The first-order valence-corrected chi connectivity index (χ1v) is 10.8. The highest BCUT2D eigenvalue weighted by Gasteiger charge is 2.27. The van der Waals surface area contributed by atoms with Crippen LogP contribution in [0.4, 0.5) is 11.4 Å². The van der Waals surface area contributed by atoms with E-state index in [1.165, 1.54) is 6.07 Å². The van der Waals surface area contributed by atoms with Crippen molar-refractivity contribution in [2.75, 3.05) is 84.4 Å². The summed E-state index contributed by atoms with van der Waals surface area (Å²) >= 11 is 0. The van der Waals surface area contributed by atoms with E-state index >= 15 is 0 Å². The smallest absolute Gasteiger partial charge is 0.292 e. The van der Waals surface area contributed by atoms with E-state index in [0.717, 1.165) is 32.6 Å². The normalized spacial score (nSPS) is 18.5. The van der Waals surface area contributed by atoms with Gasteiger partial charge in [0.05, 0.1) is 18.0 Å². The molecule has 10 heteroatoms. The number of carbonyl (C=O) groups is 2. The fourth-order valence-electron chi connectivity index (χ4n) is 4.05. The number of anilines is 1. The summed E-state index contributed by atoms with van der Waals surface area (Å²) in [5.74, 6) is 0.195. The second-order valence-electron chi connectivity index (χ2n) is 8.31. The van der Waals surface area contributed by atoms with Crippen LogP contribution in [0.15, 0.2) is 24.3 Å². The summed E-state index contributed by atoms with van der Waals surface area (Å²) in [5.41, 5.74) is 0.712. The first kappa shape index (κ1) is 23.0. The number of hydrogen-bond acceptors (Lipinski definition) is 7. The molecule has 2 aliphatic rings. The van der Waals surface area contributed by atoms with Crippen LogP contribution in [0.1, 0.15) is 6.42 Å². The lowest BCUT2D eigenvalue weighted by atomic mass is 10.2. The molecule has 0 spiro atoms. The third-order valence-corrected chi connectivity index (χ3v) is 5.95. The summed E-state index contributed by atoms with van der Waals surface area (Å²) in [5, 5.41) is 11.3. The van der Waals surface area contributed by atoms with Gasteiger partial charge in [-0.15, -0.1) is 0 Å². The minimum atomic E-state index is -0.360. The highest BCUT2D eigenvalue weighted by molar-refractivity contribution is 5.79. The second-order valence-corrected chi connectivity index (χ2v) is 8.31. The van der Waals surface area contributed by atoms with Gasteiger partial charge in [-0.1, -0.05) is 12.1 Å². The fraction of sp³-hybridized carbons (Fsp3) is 0.619. The molecule has 0 radical (unpaired) electrons. The van der Waals surface area contributed by atoms with E-state index < -0.39 is 0 Å². The van der Waals surface area contributed by atoms with Gasteiger partial charge in [-0.25, -0.2) is 0 Å². The first-order chi connectivity index (χ1) is 14.8. The molecule has 2 fully saturated rings. The molecule has 10 nitrogen and oxygen atoms in total. The zero-order valence-electron chi connectivity index (χ0n) is 18.4. The lowest BCUT2D eigenvalue weighted by Crippen LogP contribution is -2.51. The highest BCUT2D eigenvalue weighted by atomic mass is 16.6. The van der Waals surface area contributed by atoms with Crippen molar-refractivity contribution in [2.45, 2.75) is 6.42 Å². The number of rotatable bonds is 6. The first-order valence-electron chi connectivity index (χ1n) is 10.8. The molecule has 2 aliphatic heterocycles. The van der Waals surface area contributed by atoms with Gasteiger partial charge in [0, 0.05) is 59.4 Å². The fourth-order valence-corrected chi connectivity index (χ4v) is 4.05. The number of amides is 2. The lowest BCUT2D eigenvalue weighted by Gasteiger charge is -2.36. The maximum absolute atomic E-state index is 12.8. The topological polar surface area (TPSA) is 93.5 Å². The van der Waals surface area contributed by atoms with Crippen LogP contribution in [0.5, 0.6) is 0 Å². The van der Waals surface area contributed by atoms with Crippen LogP contribution in [0.3, 0.4) is 0 Å². The van der Waals surface area contributed by atoms with E-state index in [2.05, 4.69) is 9.80 Å². The summed E-state index contributed by atoms with van der Waals surface area (Å²) in [6.07, 6.45) is 0.930. The minimum Gasteiger partial charge on any atom is -0.362 e. The Morgan fingerprint density at radius 1 is 0.935 bits per heavy atom. The molecule has 2 amide bonds. The maximum Gasteiger partial charge on any atom is 0.292 e. The predicted octanol–water partition coefficient (Wildman–Crippen LogP) is 0.339. The van der Waals surface area contributed by atoms with Gasteiger partial charge in [0.15, 0.2) is 0 Å². The van der Waals surface area contributed by atoms with E-state index in [9.17, 15) is 19.7 Å². The molecule has 0 unspecified atom stereocenters. The molecule has 1 aromatic carbocycles. The van der Waals surface area contributed by atoms with Crippen molar-refractivity contribution < 1.29 is 14.5 Å². The van der Waals surface area contributed by atoms with Crippen molar-refractivity contribution in [3.8, 4) is 0 Å². The Bertz CT molecular complexity index is 794. The number of hydrogen-bond donors (Lipinski definition) is 0. The van der Waals surface area contributed by atoms with Gasteiger partial charge in [-0.2, -0.15) is 0 Å². The van der Waals surface area contributed by atoms with Crippen LogP contribution in [0.25, 0.3) is 0 Å². The van der Waals surface area contributed by atoms with Gasteiger partial charge < -0.3 is 14.7 Å². The summed E-state index contributed by atoms with van der Waals surface area (Å²) in [7, 11) is 3.53. The van der Waals surface area contributed by atoms with Gasteiger partial charge in [-0.3, -0.25) is 29.5 Å². The zero-order chi connectivity index (χ0) is 22.4. The molecule has 0 saturated carbocycles. The number of nitro benzene ring substituents is 1. The van der Waals surface area contributed by atoms with Gasteiger partial charge in [-0.05, 0) is 25.6 Å². The Labute approximate surface area is 183 Å². The van der Waals surface area contributed by atoms with Gasteiger partial charge >= 0.3 is 0 Å². The standard InChI is InChI=1S/C21H32N6O4/c1-22(2)20(28)16-23-8-5-9-24(11-10-23)17-21(29)26-14-12-25(13-15-26)18-6-3-4-7-19(18)27(30)31/h3-4,6-7H,5,8-17H2,1-2H3. The van der Waals surface area contributed by atoms with E-state index in [4.69, 9.17) is 0 Å². The average molecular weight is 433 g/mol. The van der Waals surface area contributed by atoms with Crippen molar-refractivity contribution in [2.24, 2.45) is 0 Å². The lowest BCUT2D eigenvalue weighted by molar-refractivity contribution is -0.384. The van der Waals surface area contributed by atoms with Crippen LogP contribution in [-0.4, -0.2) is 116 Å². The summed E-state index contributed by atoms with van der Waals surface area (Å²) < 4.78 is 0. The number of nitro groups is 1. The number of carbonyl (C=O) groups excluding carboxylic acids is 2. The molecule has 170 valence electrons. The Balaban J connectivity index is 1.47. The molecule has 0 aliphatic carbocycles. The quantitative estimate of drug-likeness (QED) is 0.473. The molecule has 31 heavy (non-hydrogen) atoms. The van der Waals surface area contributed by atoms with E-state index in [1.807, 2.05) is 9.80 Å². The van der Waals surface area contributed by atoms with Crippen LogP contribution in [-0.2, 0) is 9.59 Å². The zero-order valence-corrected chi connectivity index (χ0v) is 18.4. The van der Waals surface area contributed by atoms with Crippen LogP contribution < -0.4 is 4.90 Å². The molecule has 0 N–H and O–H groups in total. The van der Waals surface area contributed by atoms with Crippen LogP contribution in [0, 0.1) is 10.1 Å². The van der Waals surface area contributed by atoms with E-state index in [0.29, 0.717) is 45.0 Å². The second kappa shape index (κ2) is 10.5. The monoisotopic (exact) mass is 432 g/mol. The molecule has 0 bridgehead atoms. The molecule has 2 saturated heterocycles. The summed E-state index contributed by atoms with van der Waals surface area (Å²) in [6, 6.07) is 6.75. The number of nitrogens with zero attached hydrogens (tertiary/aromatic N) is 6. The van der Waals surface area contributed by atoms with Crippen molar-refractivity contribution in [3.63, 3.8) is 0 Å². The summed E-state index contributed by atoms with van der Waals surface area (Å²) in [6.45, 7) is 6.32. The van der Waals surface area contributed by atoms with E-state index in [-0.39, 0.29) is 22.4 Å². The van der Waals surface area contributed by atoms with Crippen molar-refractivity contribution >= 4 is 23.2 Å². The average Bonchev–Trinajstić information content (AvgIpc) is 2.98. The Morgan fingerprint density at radius 2 is 1.55 bits per heavy atom. The van der Waals surface area contributed by atoms with Crippen molar-refractivity contribution in [1.29, 1.82) is 0 Å². The third kappa shape index (κ3) is 6.14. The minimum absolute atomic E-state index is 0.0972. The Kier molecular flexibility index (Phi) is 7.80. The number of piperazine rings is 1. The van der Waals surface area contributed by atoms with Crippen LogP contribution >= 0.6 is 0 Å². The largest absolute Gasteiger partial charge is 0.362 e. The SMILES string of the molecule is CN(C)C(=O)CN1CCCN(CC(=O)N2CCN(c3ccccc3[N+](=O)[O-])CC2)CC1. The maximum atomic E-state index is 12.8. The van der Waals surface area contributed by atoms with Crippen molar-refractivity contribution in [1.82, 2.24) is 19.6 Å². The van der Waals surface area contributed by atoms with Gasteiger partial charge in [0.1, 0.15) is 5.69 Å². The molecule has 1 aromatic rings. The molecule has 0 atom stereocenters. The molecular weight excluding hydrogens is 400 g/mol. The third-order valence-electron chi connectivity index (χ3n) is 5.95. The number of para-hydroxylation sites is 2. The Hall–Kier alpha value is -2.72. The predicted molar refractivity (Wildman–Crippen MR) is 118 cm³/mol. The van der Waals surface area contributed by atoms with Gasteiger partial charge in [0.2, 0.25) is 11.8 Å². The van der Waals surface area contributed by atoms with Crippen LogP contribution in [0.2, 0.25) is 0 Å². The van der Waals surface area contributed by atoms with Gasteiger partial charge in [0.25, 0.3) is 5.69 Å². The molecular formula is C21H32N6O4. The Morgan fingerprint density at radius 3 is 2.16 bits per heavy atom. The number of benzene rings is 1. The molecule has 3 rings (SSSR count). The van der Waals surface area contributed by atoms with E-state index in [1.54, 1.807) is 37.2 Å². The number of likely N-dealkylation sites (N-methyl/N-ethyl adjacent to an activating group) is 1. The molecule has 0 aromatic heterocycles. The molecule has 2 heterocycles. The summed E-state index contributed by atoms with van der Waals surface area (Å²) in [4.78, 5) is 45.5. The highest BCUT2D eigenvalue weighted by Crippen LogP contribution is 2.28.